The van der Waals surface area contributed by atoms with Crippen LogP contribution in [0.2, 0.25) is 5.02 Å². The Bertz CT molecular complexity index is 945. The molecule has 2 unspecified atom stereocenters. The molecule has 0 fully saturated rings. The van der Waals surface area contributed by atoms with Crippen LogP contribution in [0.15, 0.2) is 70.0 Å². The zero-order chi connectivity index (χ0) is 20.7. The van der Waals surface area contributed by atoms with Gasteiger partial charge in [0, 0.05) is 27.3 Å². The molecule has 2 N–H and O–H groups in total. The molecule has 0 spiro atoms. The predicted molar refractivity (Wildman–Crippen MR) is 122 cm³/mol. The van der Waals surface area contributed by atoms with E-state index < -0.39 is 18.9 Å². The highest BCUT2D eigenvalue weighted by Crippen LogP contribution is 2.44. The van der Waals surface area contributed by atoms with E-state index in [4.69, 9.17) is 11.6 Å². The van der Waals surface area contributed by atoms with Gasteiger partial charge in [-0.3, -0.25) is 9.36 Å². The average Bonchev–Trinajstić information content (AvgIpc) is 2.62. The molecule has 28 heavy (non-hydrogen) atoms. The van der Waals surface area contributed by atoms with Crippen molar-refractivity contribution in [3.63, 3.8) is 0 Å². The van der Waals surface area contributed by atoms with E-state index in [9.17, 15) is 14.3 Å². The Morgan fingerprint density at radius 3 is 2.75 bits per heavy atom. The van der Waals surface area contributed by atoms with Gasteiger partial charge < -0.3 is 10.2 Å². The minimum atomic E-state index is -3.71. The molecule has 0 aliphatic heterocycles. The summed E-state index contributed by atoms with van der Waals surface area (Å²) in [5, 5.41) is 4.78. The maximum atomic E-state index is 12.7. The van der Waals surface area contributed by atoms with Gasteiger partial charge in [-0.25, -0.2) is 0 Å². The molecule has 0 aliphatic carbocycles. The maximum absolute atomic E-state index is 12.7. The van der Waals surface area contributed by atoms with Crippen LogP contribution in [-0.4, -0.2) is 23.1 Å². The van der Waals surface area contributed by atoms with Crippen molar-refractivity contribution in [2.75, 3.05) is 6.66 Å². The summed E-state index contributed by atoms with van der Waals surface area (Å²) in [4.78, 5) is 23.7. The number of amides is 1. The van der Waals surface area contributed by atoms with Gasteiger partial charge in [0.25, 0.3) is 0 Å². The monoisotopic (exact) mass is 499 g/mol. The highest BCUT2D eigenvalue weighted by atomic mass is 79.9. The molecule has 2 atom stereocenters. The van der Waals surface area contributed by atoms with Gasteiger partial charge in [0.1, 0.15) is 5.66 Å². The van der Waals surface area contributed by atoms with Gasteiger partial charge in [0.2, 0.25) is 13.3 Å². The first-order valence-corrected chi connectivity index (χ1v) is 12.5. The molecule has 0 aromatic heterocycles. The van der Waals surface area contributed by atoms with Crippen molar-refractivity contribution < 1.29 is 14.3 Å². The number of benzene rings is 2. The van der Waals surface area contributed by atoms with E-state index in [0.29, 0.717) is 5.02 Å². The van der Waals surface area contributed by atoms with E-state index >= 15 is 0 Å². The van der Waals surface area contributed by atoms with Gasteiger partial charge in [0.15, 0.2) is 0 Å². The molecule has 0 aliphatic rings. The number of rotatable bonds is 8. The molecule has 2 aromatic rings. The van der Waals surface area contributed by atoms with Crippen molar-refractivity contribution in [3.05, 3.63) is 81.3 Å². The smallest absolute Gasteiger partial charge is 0.237 e. The minimum absolute atomic E-state index is 0.0930. The molecular weight excluding hydrogens is 481 g/mol. The Balaban J connectivity index is 2.21. The van der Waals surface area contributed by atoms with Crippen LogP contribution in [0.4, 0.5) is 0 Å². The van der Waals surface area contributed by atoms with Crippen LogP contribution < -0.4 is 5.32 Å². The van der Waals surface area contributed by atoms with E-state index in [1.54, 1.807) is 23.6 Å². The molecule has 148 valence electrons. The third kappa shape index (κ3) is 6.64. The number of hydrogen-bond acceptors (Lipinski definition) is 3. The van der Waals surface area contributed by atoms with Crippen molar-refractivity contribution in [3.8, 4) is 0 Å². The summed E-state index contributed by atoms with van der Waals surface area (Å²) < 4.78 is 13.3. The summed E-state index contributed by atoms with van der Waals surface area (Å²) in [6, 6.07) is 12.8. The zero-order valence-corrected chi connectivity index (χ0v) is 19.2. The second-order valence-electron chi connectivity index (χ2n) is 6.06. The Hall–Kier alpha value is -1.30. The highest BCUT2D eigenvalue weighted by Gasteiger charge is 2.33. The fourth-order valence-electron chi connectivity index (χ4n) is 2.52. The van der Waals surface area contributed by atoms with Crippen LogP contribution in [0.1, 0.15) is 11.1 Å². The molecule has 0 saturated carbocycles. The zero-order valence-electron chi connectivity index (χ0n) is 15.1. The van der Waals surface area contributed by atoms with Crippen molar-refractivity contribution >= 4 is 58.6 Å². The molecule has 0 heterocycles. The van der Waals surface area contributed by atoms with Gasteiger partial charge in [-0.2, -0.15) is 0 Å². The van der Waals surface area contributed by atoms with E-state index in [-0.39, 0.29) is 6.42 Å². The molecule has 0 radical (unpaired) electrons. The van der Waals surface area contributed by atoms with Gasteiger partial charge in [-0.05, 0) is 53.3 Å². The number of nitrogens with one attached hydrogen (secondary N) is 1. The molecule has 2 aromatic carbocycles. The maximum Gasteiger partial charge on any atom is 0.237 e. The Labute approximate surface area is 182 Å². The summed E-state index contributed by atoms with van der Waals surface area (Å²) in [6.07, 6.45) is 3.29. The number of thioether (sulfide) groups is 1. The van der Waals surface area contributed by atoms with E-state index in [2.05, 4.69) is 27.8 Å². The third-order valence-corrected chi connectivity index (χ3v) is 7.27. The lowest BCUT2D eigenvalue weighted by Crippen LogP contribution is -2.33. The van der Waals surface area contributed by atoms with Crippen molar-refractivity contribution in [1.29, 1.82) is 0 Å². The molecule has 0 bridgehead atoms. The summed E-state index contributed by atoms with van der Waals surface area (Å²) in [7, 11) is -3.71. The molecule has 0 saturated heterocycles. The number of hydrogen-bond donors (Lipinski definition) is 2. The summed E-state index contributed by atoms with van der Waals surface area (Å²) in [6.45, 7) is 4.89. The fraction of sp³-hybridized carbons (Fsp3) is 0.150. The fourth-order valence-corrected chi connectivity index (χ4v) is 4.80. The second-order valence-corrected chi connectivity index (χ2v) is 10.9. The molecule has 1 amide bonds. The Morgan fingerprint density at radius 2 is 2.11 bits per heavy atom. The van der Waals surface area contributed by atoms with Crippen molar-refractivity contribution in [2.24, 2.45) is 0 Å². The average molecular weight is 501 g/mol. The first-order chi connectivity index (χ1) is 13.2. The summed E-state index contributed by atoms with van der Waals surface area (Å²) in [5.74, 6) is -0.522. The highest BCUT2D eigenvalue weighted by molar-refractivity contribution is 9.10. The lowest BCUT2D eigenvalue weighted by Gasteiger charge is -2.20. The summed E-state index contributed by atoms with van der Waals surface area (Å²) >= 11 is 10.9. The number of halogens is 2. The van der Waals surface area contributed by atoms with Gasteiger partial charge >= 0.3 is 0 Å². The number of carbonyl (C=O) groups is 1. The van der Waals surface area contributed by atoms with Crippen molar-refractivity contribution in [2.45, 2.75) is 17.0 Å². The Morgan fingerprint density at radius 1 is 1.39 bits per heavy atom. The molecule has 2 rings (SSSR count). The SMILES string of the molecule is C=CSc1ccc(Cl)cc1CC(C(=O)N/C=C/c1ccccc1Br)P(C)(=O)O. The van der Waals surface area contributed by atoms with E-state index in [1.807, 2.05) is 30.3 Å². The Kier molecular flexibility index (Phi) is 8.59. The van der Waals surface area contributed by atoms with Gasteiger partial charge in [-0.15, -0.1) is 0 Å². The lowest BCUT2D eigenvalue weighted by molar-refractivity contribution is -0.119. The van der Waals surface area contributed by atoms with Gasteiger partial charge in [0.05, 0.1) is 0 Å². The second kappa shape index (κ2) is 10.5. The largest absolute Gasteiger partial charge is 0.344 e. The lowest BCUT2D eigenvalue weighted by atomic mass is 10.1. The minimum Gasteiger partial charge on any atom is -0.344 e. The van der Waals surface area contributed by atoms with Crippen molar-refractivity contribution in [1.82, 2.24) is 5.32 Å². The first-order valence-electron chi connectivity index (χ1n) is 8.29. The van der Waals surface area contributed by atoms with Gasteiger partial charge in [-0.1, -0.05) is 64.1 Å². The summed E-state index contributed by atoms with van der Waals surface area (Å²) in [5.41, 5.74) is 0.505. The van der Waals surface area contributed by atoms with Crippen LogP contribution in [0.3, 0.4) is 0 Å². The molecular formula is C20H20BrClNO3PS. The van der Waals surface area contributed by atoms with Crippen LogP contribution in [-0.2, 0) is 15.8 Å². The third-order valence-electron chi connectivity index (χ3n) is 3.92. The van der Waals surface area contributed by atoms with E-state index in [0.717, 1.165) is 20.5 Å². The van der Waals surface area contributed by atoms with Crippen LogP contribution in [0.25, 0.3) is 6.08 Å². The van der Waals surface area contributed by atoms with Crippen LogP contribution in [0, 0.1) is 0 Å². The first kappa shape index (κ1) is 23.0. The van der Waals surface area contributed by atoms with Crippen LogP contribution in [0.5, 0.6) is 0 Å². The number of carbonyl (C=O) groups excluding carboxylic acids is 1. The predicted octanol–water partition coefficient (Wildman–Crippen LogP) is 5.94. The normalized spacial score (nSPS) is 14.4. The quantitative estimate of drug-likeness (QED) is 0.348. The standard InChI is InChI=1S/C20H20BrClNO3PS/c1-3-28-19-9-8-16(22)12-15(19)13-18(27(2,25)26)20(24)23-11-10-14-6-4-5-7-17(14)21/h3-12,18H,1,13H2,2H3,(H,23,24)(H,25,26)/b11-10+. The van der Waals surface area contributed by atoms with Crippen LogP contribution >= 0.6 is 46.7 Å². The molecule has 4 nitrogen and oxygen atoms in total. The molecule has 8 heteroatoms. The van der Waals surface area contributed by atoms with E-state index in [1.165, 1.54) is 24.6 Å². The topological polar surface area (TPSA) is 66.4 Å².